The Kier molecular flexibility index (Phi) is 3.78. The molecule has 1 N–H and O–H groups in total. The number of piperidine rings is 1. The van der Waals surface area contributed by atoms with E-state index in [1.807, 2.05) is 30.6 Å². The third-order valence-electron chi connectivity index (χ3n) is 5.87. The molecule has 0 bridgehead atoms. The first-order valence-electron chi connectivity index (χ1n) is 9.31. The molecule has 5 rings (SSSR count). The maximum absolute atomic E-state index is 4.95. The van der Waals surface area contributed by atoms with Gasteiger partial charge in [0.15, 0.2) is 5.82 Å². The van der Waals surface area contributed by atoms with Crippen LogP contribution in [0.15, 0.2) is 43.0 Å². The van der Waals surface area contributed by atoms with Crippen LogP contribution in [-0.4, -0.2) is 46.1 Å². The van der Waals surface area contributed by atoms with E-state index >= 15 is 0 Å². The Labute approximate surface area is 152 Å². The first kappa shape index (κ1) is 15.6. The maximum atomic E-state index is 4.95. The van der Waals surface area contributed by atoms with E-state index in [1.165, 1.54) is 19.3 Å². The van der Waals surface area contributed by atoms with E-state index in [0.29, 0.717) is 5.41 Å². The van der Waals surface area contributed by atoms with E-state index in [1.54, 1.807) is 12.4 Å². The molecule has 0 unspecified atom stereocenters. The molecule has 3 aromatic rings. The molecule has 3 aromatic heterocycles. The molecular formula is C20H22N6. The fraction of sp³-hybridized carbons (Fsp3) is 0.400. The van der Waals surface area contributed by atoms with Crippen molar-refractivity contribution in [1.29, 1.82) is 0 Å². The molecule has 2 aliphatic heterocycles. The van der Waals surface area contributed by atoms with E-state index < -0.39 is 0 Å². The SMILES string of the molecule is c1cc(-c2nc(N3CCC4(CCNC4)CC3)c3ccncc3n2)ccn1. The molecule has 2 aliphatic rings. The lowest BCUT2D eigenvalue weighted by Crippen LogP contribution is -2.41. The lowest BCUT2D eigenvalue weighted by Gasteiger charge is -2.39. The predicted molar refractivity (Wildman–Crippen MR) is 102 cm³/mol. The standard InChI is InChI=1S/C20H22N6/c1-7-21-8-2-15(1)18-24-17-13-22-9-3-16(17)19(25-18)26-11-5-20(6-12-26)4-10-23-14-20/h1-3,7-9,13,23H,4-6,10-12,14H2. The molecule has 132 valence electrons. The normalized spacial score (nSPS) is 19.3. The van der Waals surface area contributed by atoms with Crippen molar-refractivity contribution in [3.8, 4) is 11.4 Å². The van der Waals surface area contributed by atoms with Gasteiger partial charge < -0.3 is 10.2 Å². The second-order valence-corrected chi connectivity index (χ2v) is 7.41. The van der Waals surface area contributed by atoms with E-state index in [9.17, 15) is 0 Å². The Balaban J connectivity index is 1.54. The molecule has 0 aliphatic carbocycles. The zero-order chi connectivity index (χ0) is 17.4. The van der Waals surface area contributed by atoms with Crippen molar-refractivity contribution in [2.24, 2.45) is 5.41 Å². The molecule has 2 saturated heterocycles. The monoisotopic (exact) mass is 346 g/mol. The van der Waals surface area contributed by atoms with Crippen molar-refractivity contribution in [1.82, 2.24) is 25.3 Å². The van der Waals surface area contributed by atoms with E-state index in [0.717, 1.165) is 54.3 Å². The summed E-state index contributed by atoms with van der Waals surface area (Å²) in [7, 11) is 0. The van der Waals surface area contributed by atoms with Crippen molar-refractivity contribution in [3.63, 3.8) is 0 Å². The van der Waals surface area contributed by atoms with Gasteiger partial charge in [-0.1, -0.05) is 0 Å². The fourth-order valence-electron chi connectivity index (χ4n) is 4.25. The number of anilines is 1. The highest BCUT2D eigenvalue weighted by Crippen LogP contribution is 2.39. The zero-order valence-electron chi connectivity index (χ0n) is 14.7. The third kappa shape index (κ3) is 2.70. The second kappa shape index (κ2) is 6.29. The van der Waals surface area contributed by atoms with Gasteiger partial charge in [-0.15, -0.1) is 0 Å². The molecule has 0 aromatic carbocycles. The minimum atomic E-state index is 0.495. The highest BCUT2D eigenvalue weighted by molar-refractivity contribution is 5.90. The van der Waals surface area contributed by atoms with Crippen LogP contribution in [0.5, 0.6) is 0 Å². The van der Waals surface area contributed by atoms with Gasteiger partial charge in [-0.25, -0.2) is 9.97 Å². The van der Waals surface area contributed by atoms with E-state index in [4.69, 9.17) is 9.97 Å². The molecule has 26 heavy (non-hydrogen) atoms. The Morgan fingerprint density at radius 3 is 2.50 bits per heavy atom. The molecule has 0 radical (unpaired) electrons. The summed E-state index contributed by atoms with van der Waals surface area (Å²) >= 11 is 0. The molecule has 1 spiro atoms. The van der Waals surface area contributed by atoms with Crippen LogP contribution in [-0.2, 0) is 0 Å². The number of hydrogen-bond acceptors (Lipinski definition) is 6. The highest BCUT2D eigenvalue weighted by Gasteiger charge is 2.37. The summed E-state index contributed by atoms with van der Waals surface area (Å²) < 4.78 is 0. The molecule has 6 nitrogen and oxygen atoms in total. The van der Waals surface area contributed by atoms with Crippen molar-refractivity contribution in [2.75, 3.05) is 31.1 Å². The van der Waals surface area contributed by atoms with Crippen LogP contribution in [0.3, 0.4) is 0 Å². The fourth-order valence-corrected chi connectivity index (χ4v) is 4.25. The summed E-state index contributed by atoms with van der Waals surface area (Å²) in [5.74, 6) is 1.77. The number of hydrogen-bond donors (Lipinski definition) is 1. The number of nitrogens with zero attached hydrogens (tertiary/aromatic N) is 5. The van der Waals surface area contributed by atoms with Crippen molar-refractivity contribution in [3.05, 3.63) is 43.0 Å². The van der Waals surface area contributed by atoms with Crippen LogP contribution in [0.1, 0.15) is 19.3 Å². The van der Waals surface area contributed by atoms with E-state index in [-0.39, 0.29) is 0 Å². The number of fused-ring (bicyclic) bond motifs is 1. The summed E-state index contributed by atoms with van der Waals surface area (Å²) in [5.41, 5.74) is 2.38. The molecule has 0 amide bonds. The smallest absolute Gasteiger partial charge is 0.162 e. The summed E-state index contributed by atoms with van der Waals surface area (Å²) in [6.07, 6.45) is 11.0. The van der Waals surface area contributed by atoms with Crippen LogP contribution in [0.2, 0.25) is 0 Å². The minimum Gasteiger partial charge on any atom is -0.356 e. The van der Waals surface area contributed by atoms with Gasteiger partial charge in [-0.3, -0.25) is 9.97 Å². The van der Waals surface area contributed by atoms with Crippen LogP contribution in [0.4, 0.5) is 5.82 Å². The lowest BCUT2D eigenvalue weighted by atomic mass is 9.78. The van der Waals surface area contributed by atoms with E-state index in [2.05, 4.69) is 20.2 Å². The summed E-state index contributed by atoms with van der Waals surface area (Å²) in [4.78, 5) is 20.5. The van der Waals surface area contributed by atoms with Gasteiger partial charge in [-0.2, -0.15) is 0 Å². The van der Waals surface area contributed by atoms with Gasteiger partial charge in [-0.05, 0) is 49.4 Å². The Hall–Kier alpha value is -2.60. The first-order chi connectivity index (χ1) is 12.8. The molecule has 6 heteroatoms. The lowest BCUT2D eigenvalue weighted by molar-refractivity contribution is 0.247. The average Bonchev–Trinajstić information content (AvgIpc) is 3.16. The number of nitrogens with one attached hydrogen (secondary N) is 1. The van der Waals surface area contributed by atoms with Crippen LogP contribution >= 0.6 is 0 Å². The maximum Gasteiger partial charge on any atom is 0.162 e. The highest BCUT2D eigenvalue weighted by atomic mass is 15.2. The van der Waals surface area contributed by atoms with Crippen molar-refractivity contribution < 1.29 is 0 Å². The Morgan fingerprint density at radius 1 is 0.923 bits per heavy atom. The van der Waals surface area contributed by atoms with Gasteiger partial charge in [0.25, 0.3) is 0 Å². The molecule has 5 heterocycles. The number of aromatic nitrogens is 4. The molecule has 0 atom stereocenters. The van der Waals surface area contributed by atoms with Gasteiger partial charge >= 0.3 is 0 Å². The zero-order valence-corrected chi connectivity index (χ0v) is 14.7. The first-order valence-corrected chi connectivity index (χ1v) is 9.31. The van der Waals surface area contributed by atoms with Crippen LogP contribution < -0.4 is 10.2 Å². The van der Waals surface area contributed by atoms with Gasteiger partial charge in [0, 0.05) is 49.2 Å². The Bertz CT molecular complexity index is 910. The van der Waals surface area contributed by atoms with Gasteiger partial charge in [0.2, 0.25) is 0 Å². The largest absolute Gasteiger partial charge is 0.356 e. The van der Waals surface area contributed by atoms with Crippen molar-refractivity contribution in [2.45, 2.75) is 19.3 Å². The number of rotatable bonds is 2. The predicted octanol–water partition coefficient (Wildman–Crippen LogP) is 2.67. The minimum absolute atomic E-state index is 0.495. The quantitative estimate of drug-likeness (QED) is 0.769. The average molecular weight is 346 g/mol. The Morgan fingerprint density at radius 2 is 1.73 bits per heavy atom. The summed E-state index contributed by atoms with van der Waals surface area (Å²) in [6, 6.07) is 5.94. The van der Waals surface area contributed by atoms with Crippen LogP contribution in [0, 0.1) is 5.41 Å². The topological polar surface area (TPSA) is 66.8 Å². The van der Waals surface area contributed by atoms with Gasteiger partial charge in [0.1, 0.15) is 5.82 Å². The molecule has 0 saturated carbocycles. The molecule has 2 fully saturated rings. The number of pyridine rings is 2. The summed E-state index contributed by atoms with van der Waals surface area (Å²) in [6.45, 7) is 4.42. The van der Waals surface area contributed by atoms with Crippen molar-refractivity contribution >= 4 is 16.7 Å². The van der Waals surface area contributed by atoms with Crippen LogP contribution in [0.25, 0.3) is 22.3 Å². The third-order valence-corrected chi connectivity index (χ3v) is 5.87. The molecular weight excluding hydrogens is 324 g/mol. The second-order valence-electron chi connectivity index (χ2n) is 7.41. The van der Waals surface area contributed by atoms with Gasteiger partial charge in [0.05, 0.1) is 11.7 Å². The summed E-state index contributed by atoms with van der Waals surface area (Å²) in [5, 5.41) is 4.62.